The van der Waals surface area contributed by atoms with Crippen LogP contribution in [0, 0.1) is 12.8 Å². The first-order chi connectivity index (χ1) is 7.40. The Morgan fingerprint density at radius 3 is 2.69 bits per heavy atom. The number of amides is 1. The van der Waals surface area contributed by atoms with Gasteiger partial charge in [0.2, 0.25) is 5.91 Å². The molecule has 0 aliphatic carbocycles. The van der Waals surface area contributed by atoms with E-state index in [-0.39, 0.29) is 17.9 Å². The molecule has 1 aromatic rings. The van der Waals surface area contributed by atoms with E-state index in [4.69, 9.17) is 11.5 Å². The van der Waals surface area contributed by atoms with Crippen molar-refractivity contribution in [1.82, 2.24) is 0 Å². The first-order valence-corrected chi connectivity index (χ1v) is 6.80. The largest absolute Gasteiger partial charge is 0.370 e. The third-order valence-corrected chi connectivity index (χ3v) is 4.72. The first kappa shape index (κ1) is 13.7. The van der Waals surface area contributed by atoms with Crippen molar-refractivity contribution in [3.05, 3.63) is 20.3 Å². The maximum absolute atomic E-state index is 10.8. The molecule has 0 bridgehead atoms. The zero-order valence-corrected chi connectivity index (χ0v) is 11.9. The van der Waals surface area contributed by atoms with Crippen LogP contribution in [0.5, 0.6) is 0 Å². The fourth-order valence-electron chi connectivity index (χ4n) is 1.64. The molecular formula is C11H17BrN2OS. The highest BCUT2D eigenvalue weighted by Gasteiger charge is 2.15. The van der Waals surface area contributed by atoms with Gasteiger partial charge in [0.1, 0.15) is 0 Å². The predicted molar refractivity (Wildman–Crippen MR) is 71.3 cm³/mol. The van der Waals surface area contributed by atoms with Crippen LogP contribution in [0.3, 0.4) is 0 Å². The Balaban J connectivity index is 2.58. The number of halogens is 1. The summed E-state index contributed by atoms with van der Waals surface area (Å²) in [6, 6.07) is 2.05. The summed E-state index contributed by atoms with van der Waals surface area (Å²) in [7, 11) is 0. The third-order valence-electron chi connectivity index (χ3n) is 2.45. The van der Waals surface area contributed by atoms with Gasteiger partial charge in [-0.25, -0.2) is 0 Å². The van der Waals surface area contributed by atoms with Gasteiger partial charge >= 0.3 is 0 Å². The van der Waals surface area contributed by atoms with Gasteiger partial charge in [-0.15, -0.1) is 11.3 Å². The Kier molecular flexibility index (Phi) is 4.95. The van der Waals surface area contributed by atoms with Crippen LogP contribution in [0.15, 0.2) is 10.5 Å². The maximum atomic E-state index is 10.8. The van der Waals surface area contributed by atoms with Crippen molar-refractivity contribution in [3.8, 4) is 0 Å². The second kappa shape index (κ2) is 5.80. The van der Waals surface area contributed by atoms with Gasteiger partial charge in [-0.05, 0) is 41.3 Å². The number of rotatable bonds is 5. The number of nitrogens with two attached hydrogens (primary N) is 2. The quantitative estimate of drug-likeness (QED) is 0.878. The second-order valence-corrected chi connectivity index (χ2v) is 6.31. The average Bonchev–Trinajstić information content (AvgIpc) is 2.45. The molecule has 4 N–H and O–H groups in total. The highest BCUT2D eigenvalue weighted by atomic mass is 79.9. The van der Waals surface area contributed by atoms with Gasteiger partial charge in [-0.3, -0.25) is 4.79 Å². The van der Waals surface area contributed by atoms with Crippen LogP contribution in [0.2, 0.25) is 0 Å². The normalized spacial score (nSPS) is 14.8. The number of hydrogen-bond donors (Lipinski definition) is 2. The van der Waals surface area contributed by atoms with Crippen molar-refractivity contribution in [2.75, 3.05) is 0 Å². The van der Waals surface area contributed by atoms with E-state index in [1.165, 1.54) is 4.88 Å². The number of primary amides is 1. The fraction of sp³-hybridized carbons (Fsp3) is 0.545. The van der Waals surface area contributed by atoms with E-state index in [9.17, 15) is 4.79 Å². The summed E-state index contributed by atoms with van der Waals surface area (Å²) in [5.41, 5.74) is 11.2. The minimum absolute atomic E-state index is 0.00986. The van der Waals surface area contributed by atoms with Crippen LogP contribution in [-0.4, -0.2) is 5.91 Å². The highest BCUT2D eigenvalue weighted by molar-refractivity contribution is 9.10. The molecule has 1 rings (SSSR count). The lowest BCUT2D eigenvalue weighted by Crippen LogP contribution is -2.19. The summed E-state index contributed by atoms with van der Waals surface area (Å²) in [6.07, 6.45) is 1.19. The maximum Gasteiger partial charge on any atom is 0.217 e. The predicted octanol–water partition coefficient (Wildman–Crippen LogP) is 2.72. The molecule has 0 aromatic carbocycles. The second-order valence-electron chi connectivity index (χ2n) is 4.17. The summed E-state index contributed by atoms with van der Waals surface area (Å²) in [5, 5.41) is 0. The number of aryl methyl sites for hydroxylation is 1. The molecule has 0 aliphatic heterocycles. The third kappa shape index (κ3) is 3.88. The van der Waals surface area contributed by atoms with Crippen LogP contribution in [0.1, 0.15) is 35.6 Å². The Morgan fingerprint density at radius 2 is 2.25 bits per heavy atom. The summed E-state index contributed by atoms with van der Waals surface area (Å²) in [5.74, 6) is -0.0306. The van der Waals surface area contributed by atoms with Crippen molar-refractivity contribution >= 4 is 33.2 Å². The molecule has 0 saturated heterocycles. The molecule has 1 heterocycles. The molecule has 2 atom stereocenters. The summed E-state index contributed by atoms with van der Waals surface area (Å²) in [4.78, 5) is 13.1. The van der Waals surface area contributed by atoms with Crippen LogP contribution < -0.4 is 11.5 Å². The molecule has 5 heteroatoms. The molecule has 0 fully saturated rings. The van der Waals surface area contributed by atoms with Crippen molar-refractivity contribution in [1.29, 1.82) is 0 Å². The topological polar surface area (TPSA) is 69.1 Å². The van der Waals surface area contributed by atoms with Crippen LogP contribution in [0.4, 0.5) is 0 Å². The fourth-order valence-corrected chi connectivity index (χ4v) is 3.22. The lowest BCUT2D eigenvalue weighted by Gasteiger charge is -2.14. The van der Waals surface area contributed by atoms with E-state index in [1.807, 2.05) is 6.92 Å². The molecule has 0 aliphatic rings. The van der Waals surface area contributed by atoms with Crippen LogP contribution in [0.25, 0.3) is 0 Å². The Labute approximate surface area is 108 Å². The van der Waals surface area contributed by atoms with E-state index < -0.39 is 0 Å². The minimum Gasteiger partial charge on any atom is -0.370 e. The SMILES string of the molecule is Cc1sc(C(N)CC(C)CC(N)=O)cc1Br. The number of hydrogen-bond acceptors (Lipinski definition) is 3. The molecular weight excluding hydrogens is 288 g/mol. The minimum atomic E-state index is -0.261. The van der Waals surface area contributed by atoms with Crippen LogP contribution >= 0.6 is 27.3 Å². The van der Waals surface area contributed by atoms with Gasteiger partial charge in [0.15, 0.2) is 0 Å². The molecule has 0 saturated carbocycles. The molecule has 16 heavy (non-hydrogen) atoms. The molecule has 0 spiro atoms. The summed E-state index contributed by atoms with van der Waals surface area (Å²) < 4.78 is 1.10. The molecule has 90 valence electrons. The molecule has 1 aromatic heterocycles. The van der Waals surface area contributed by atoms with E-state index >= 15 is 0 Å². The Hall–Kier alpha value is -0.390. The van der Waals surface area contributed by atoms with Crippen LogP contribution in [-0.2, 0) is 4.79 Å². The van der Waals surface area contributed by atoms with E-state index in [0.29, 0.717) is 6.42 Å². The summed E-state index contributed by atoms with van der Waals surface area (Å²) in [6.45, 7) is 4.05. The van der Waals surface area contributed by atoms with Crippen molar-refractivity contribution in [2.24, 2.45) is 17.4 Å². The Bertz CT molecular complexity index is 359. The number of carbonyl (C=O) groups is 1. The zero-order valence-electron chi connectivity index (χ0n) is 9.50. The highest BCUT2D eigenvalue weighted by Crippen LogP contribution is 2.32. The van der Waals surface area contributed by atoms with Gasteiger partial charge in [0, 0.05) is 26.7 Å². The van der Waals surface area contributed by atoms with E-state index in [2.05, 4.69) is 28.9 Å². The lowest BCUT2D eigenvalue weighted by molar-refractivity contribution is -0.118. The standard InChI is InChI=1S/C11H17BrN2OS/c1-6(4-11(14)15)3-9(13)10-5-8(12)7(2)16-10/h5-6,9H,3-4,13H2,1-2H3,(H2,14,15). The van der Waals surface area contributed by atoms with Gasteiger partial charge in [-0.2, -0.15) is 0 Å². The van der Waals surface area contributed by atoms with Crippen molar-refractivity contribution in [3.63, 3.8) is 0 Å². The van der Waals surface area contributed by atoms with Crippen molar-refractivity contribution in [2.45, 2.75) is 32.7 Å². The average molecular weight is 305 g/mol. The van der Waals surface area contributed by atoms with E-state index in [0.717, 1.165) is 15.8 Å². The Morgan fingerprint density at radius 1 is 1.62 bits per heavy atom. The van der Waals surface area contributed by atoms with E-state index in [1.54, 1.807) is 11.3 Å². The number of carbonyl (C=O) groups excluding carboxylic acids is 1. The van der Waals surface area contributed by atoms with Gasteiger partial charge in [0.25, 0.3) is 0 Å². The summed E-state index contributed by atoms with van der Waals surface area (Å²) >= 11 is 5.17. The zero-order chi connectivity index (χ0) is 12.3. The lowest BCUT2D eigenvalue weighted by atomic mass is 9.98. The van der Waals surface area contributed by atoms with Crippen molar-refractivity contribution < 1.29 is 4.79 Å². The van der Waals surface area contributed by atoms with Gasteiger partial charge in [-0.1, -0.05) is 6.92 Å². The molecule has 3 nitrogen and oxygen atoms in total. The molecule has 1 amide bonds. The molecule has 2 unspecified atom stereocenters. The molecule has 0 radical (unpaired) electrons. The number of thiophene rings is 1. The monoisotopic (exact) mass is 304 g/mol. The van der Waals surface area contributed by atoms with Gasteiger partial charge < -0.3 is 11.5 Å². The first-order valence-electron chi connectivity index (χ1n) is 5.20. The van der Waals surface area contributed by atoms with Gasteiger partial charge in [0.05, 0.1) is 0 Å². The smallest absolute Gasteiger partial charge is 0.217 e.